The molecule has 0 aromatic carbocycles. The van der Waals surface area contributed by atoms with Crippen LogP contribution < -0.4 is 5.32 Å². The van der Waals surface area contributed by atoms with E-state index in [0.29, 0.717) is 17.8 Å². The molecule has 1 aromatic heterocycles. The van der Waals surface area contributed by atoms with E-state index in [9.17, 15) is 4.79 Å². The summed E-state index contributed by atoms with van der Waals surface area (Å²) in [7, 11) is 1.72. The SMILES string of the molecule is CCCCCCC(=O)Nc1nn(C)cc1C#N. The average Bonchev–Trinajstić information content (AvgIpc) is 2.65. The number of unbranched alkanes of at least 4 members (excludes halogenated alkanes) is 3. The van der Waals surface area contributed by atoms with Crippen molar-refractivity contribution in [1.82, 2.24) is 9.78 Å². The van der Waals surface area contributed by atoms with E-state index in [0.717, 1.165) is 25.7 Å². The van der Waals surface area contributed by atoms with Gasteiger partial charge in [-0.2, -0.15) is 10.4 Å². The van der Waals surface area contributed by atoms with Crippen LogP contribution in [-0.4, -0.2) is 15.7 Å². The second kappa shape index (κ2) is 6.69. The van der Waals surface area contributed by atoms with Crippen LogP contribution in [0.5, 0.6) is 0 Å². The summed E-state index contributed by atoms with van der Waals surface area (Å²) >= 11 is 0. The van der Waals surface area contributed by atoms with Gasteiger partial charge in [0.15, 0.2) is 5.82 Å². The monoisotopic (exact) mass is 234 g/mol. The largest absolute Gasteiger partial charge is 0.308 e. The van der Waals surface area contributed by atoms with Crippen LogP contribution in [0.4, 0.5) is 5.82 Å². The number of carbonyl (C=O) groups excluding carboxylic acids is 1. The Morgan fingerprint density at radius 2 is 2.29 bits per heavy atom. The van der Waals surface area contributed by atoms with Crippen LogP contribution in [0.15, 0.2) is 6.20 Å². The summed E-state index contributed by atoms with van der Waals surface area (Å²) in [6.07, 6.45) is 6.33. The lowest BCUT2D eigenvalue weighted by Crippen LogP contribution is -2.12. The fourth-order valence-corrected chi connectivity index (χ4v) is 1.57. The second-order valence-corrected chi connectivity index (χ2v) is 4.04. The zero-order valence-corrected chi connectivity index (χ0v) is 10.4. The molecule has 0 saturated heterocycles. The van der Waals surface area contributed by atoms with Crippen LogP contribution in [0.25, 0.3) is 0 Å². The molecule has 1 N–H and O–H groups in total. The predicted molar refractivity (Wildman–Crippen MR) is 65.3 cm³/mol. The Kier molecular flexibility index (Phi) is 5.21. The fourth-order valence-electron chi connectivity index (χ4n) is 1.57. The highest BCUT2D eigenvalue weighted by Gasteiger charge is 2.10. The number of amides is 1. The molecule has 1 aromatic rings. The molecule has 0 spiro atoms. The molecule has 0 aliphatic rings. The lowest BCUT2D eigenvalue weighted by molar-refractivity contribution is -0.116. The first-order chi connectivity index (χ1) is 8.17. The molecule has 0 aliphatic carbocycles. The van der Waals surface area contributed by atoms with Gasteiger partial charge in [0.1, 0.15) is 11.6 Å². The maximum absolute atomic E-state index is 11.6. The van der Waals surface area contributed by atoms with Gasteiger partial charge < -0.3 is 5.32 Å². The minimum absolute atomic E-state index is 0.0729. The highest BCUT2D eigenvalue weighted by Crippen LogP contribution is 2.12. The first-order valence-corrected chi connectivity index (χ1v) is 5.91. The summed E-state index contributed by atoms with van der Waals surface area (Å²) in [5, 5.41) is 15.5. The molecular weight excluding hydrogens is 216 g/mol. The van der Waals surface area contributed by atoms with E-state index in [4.69, 9.17) is 5.26 Å². The normalized spacial score (nSPS) is 9.94. The van der Waals surface area contributed by atoms with Gasteiger partial charge in [0, 0.05) is 19.7 Å². The predicted octanol–water partition coefficient (Wildman–Crippen LogP) is 2.20. The number of anilines is 1. The Morgan fingerprint density at radius 1 is 1.53 bits per heavy atom. The molecule has 5 heteroatoms. The summed E-state index contributed by atoms with van der Waals surface area (Å²) in [5.41, 5.74) is 0.398. The van der Waals surface area contributed by atoms with Gasteiger partial charge in [-0.1, -0.05) is 26.2 Å². The molecule has 92 valence electrons. The molecule has 0 aliphatic heterocycles. The molecule has 0 atom stereocenters. The molecule has 0 radical (unpaired) electrons. The highest BCUT2D eigenvalue weighted by molar-refractivity contribution is 5.90. The standard InChI is InChI=1S/C12H18N4O/c1-3-4-5-6-7-11(17)14-12-10(8-13)9-16(2)15-12/h9H,3-7H2,1-2H3,(H,14,15,17). The third-order valence-corrected chi connectivity index (χ3v) is 2.46. The quantitative estimate of drug-likeness (QED) is 0.767. The van der Waals surface area contributed by atoms with E-state index in [1.54, 1.807) is 13.2 Å². The lowest BCUT2D eigenvalue weighted by Gasteiger charge is -2.02. The number of aromatic nitrogens is 2. The number of nitriles is 1. The lowest BCUT2D eigenvalue weighted by atomic mass is 10.1. The minimum Gasteiger partial charge on any atom is -0.308 e. The van der Waals surface area contributed by atoms with Gasteiger partial charge >= 0.3 is 0 Å². The number of hydrogen-bond acceptors (Lipinski definition) is 3. The fraction of sp³-hybridized carbons (Fsp3) is 0.583. The maximum atomic E-state index is 11.6. The molecule has 0 bridgehead atoms. The number of nitrogens with one attached hydrogen (secondary N) is 1. The Labute approximate surface area is 101 Å². The minimum atomic E-state index is -0.0729. The smallest absolute Gasteiger partial charge is 0.225 e. The van der Waals surface area contributed by atoms with E-state index >= 15 is 0 Å². The van der Waals surface area contributed by atoms with Crippen LogP contribution in [0, 0.1) is 11.3 Å². The van der Waals surface area contributed by atoms with E-state index in [-0.39, 0.29) is 5.91 Å². The number of carbonyl (C=O) groups is 1. The number of aryl methyl sites for hydroxylation is 1. The Bertz CT molecular complexity index is 417. The number of rotatable bonds is 6. The van der Waals surface area contributed by atoms with Gasteiger partial charge in [0.25, 0.3) is 0 Å². The molecular formula is C12H18N4O. The van der Waals surface area contributed by atoms with Crippen LogP contribution >= 0.6 is 0 Å². The molecule has 1 heterocycles. The first-order valence-electron chi connectivity index (χ1n) is 5.91. The summed E-state index contributed by atoms with van der Waals surface area (Å²) in [6.45, 7) is 2.13. The first kappa shape index (κ1) is 13.2. The number of hydrogen-bond donors (Lipinski definition) is 1. The molecule has 17 heavy (non-hydrogen) atoms. The zero-order valence-electron chi connectivity index (χ0n) is 10.4. The van der Waals surface area contributed by atoms with Crippen molar-refractivity contribution < 1.29 is 4.79 Å². The maximum Gasteiger partial charge on any atom is 0.225 e. The molecule has 0 saturated carbocycles. The van der Waals surface area contributed by atoms with Crippen molar-refractivity contribution in [2.24, 2.45) is 7.05 Å². The molecule has 0 fully saturated rings. The highest BCUT2D eigenvalue weighted by atomic mass is 16.1. The van der Waals surface area contributed by atoms with Crippen molar-refractivity contribution in [3.05, 3.63) is 11.8 Å². The van der Waals surface area contributed by atoms with Crippen molar-refractivity contribution in [3.63, 3.8) is 0 Å². The molecule has 0 unspecified atom stereocenters. The topological polar surface area (TPSA) is 70.7 Å². The zero-order chi connectivity index (χ0) is 12.7. The molecule has 5 nitrogen and oxygen atoms in total. The van der Waals surface area contributed by atoms with Gasteiger partial charge in [-0.25, -0.2) is 0 Å². The van der Waals surface area contributed by atoms with Crippen LogP contribution in [0.1, 0.15) is 44.6 Å². The Balaban J connectivity index is 2.42. The van der Waals surface area contributed by atoms with Crippen LogP contribution in [-0.2, 0) is 11.8 Å². The number of nitrogens with zero attached hydrogens (tertiary/aromatic N) is 3. The van der Waals surface area contributed by atoms with Crippen LogP contribution in [0.2, 0.25) is 0 Å². The van der Waals surface area contributed by atoms with Crippen molar-refractivity contribution in [3.8, 4) is 6.07 Å². The van der Waals surface area contributed by atoms with E-state index < -0.39 is 0 Å². The van der Waals surface area contributed by atoms with E-state index in [2.05, 4.69) is 17.3 Å². The average molecular weight is 234 g/mol. The van der Waals surface area contributed by atoms with Gasteiger partial charge in [-0.05, 0) is 6.42 Å². The molecule has 1 amide bonds. The van der Waals surface area contributed by atoms with Gasteiger partial charge in [0.2, 0.25) is 5.91 Å². The van der Waals surface area contributed by atoms with Crippen LogP contribution in [0.3, 0.4) is 0 Å². The summed E-state index contributed by atoms with van der Waals surface area (Å²) in [5.74, 6) is 0.284. The third kappa shape index (κ3) is 4.27. The molecule has 1 rings (SSSR count). The van der Waals surface area contributed by atoms with Gasteiger partial charge in [-0.15, -0.1) is 0 Å². The summed E-state index contributed by atoms with van der Waals surface area (Å²) < 4.78 is 1.52. The van der Waals surface area contributed by atoms with Crippen molar-refractivity contribution in [1.29, 1.82) is 5.26 Å². The summed E-state index contributed by atoms with van der Waals surface area (Å²) in [4.78, 5) is 11.6. The van der Waals surface area contributed by atoms with Crippen molar-refractivity contribution in [2.45, 2.75) is 39.0 Å². The van der Waals surface area contributed by atoms with Gasteiger partial charge in [-0.3, -0.25) is 9.48 Å². The van der Waals surface area contributed by atoms with Gasteiger partial charge in [0.05, 0.1) is 0 Å². The third-order valence-electron chi connectivity index (χ3n) is 2.46. The van der Waals surface area contributed by atoms with Crippen molar-refractivity contribution >= 4 is 11.7 Å². The Morgan fingerprint density at radius 3 is 2.94 bits per heavy atom. The van der Waals surface area contributed by atoms with Crippen molar-refractivity contribution in [2.75, 3.05) is 5.32 Å². The van der Waals surface area contributed by atoms with E-state index in [1.807, 2.05) is 6.07 Å². The Hall–Kier alpha value is -1.83. The van der Waals surface area contributed by atoms with E-state index in [1.165, 1.54) is 4.68 Å². The summed E-state index contributed by atoms with van der Waals surface area (Å²) in [6, 6.07) is 2.00. The second-order valence-electron chi connectivity index (χ2n) is 4.04.